The molecule has 0 saturated carbocycles. The molecule has 0 atom stereocenters. The van der Waals surface area contributed by atoms with Crippen molar-refractivity contribution in [2.24, 2.45) is 0 Å². The Bertz CT molecular complexity index is 549. The molecule has 120 valence electrons. The quantitative estimate of drug-likeness (QED) is 0.565. The predicted octanol–water partition coefficient (Wildman–Crippen LogP) is 2.24. The van der Waals surface area contributed by atoms with Gasteiger partial charge in [-0.05, 0) is 50.7 Å². The van der Waals surface area contributed by atoms with Crippen molar-refractivity contribution < 1.29 is 8.42 Å². The topological polar surface area (TPSA) is 75.4 Å². The Morgan fingerprint density at radius 1 is 1.29 bits per heavy atom. The van der Waals surface area contributed by atoms with E-state index in [1.807, 2.05) is 0 Å². The molecule has 0 aromatic heterocycles. The lowest BCUT2D eigenvalue weighted by atomic mass is 10.2. The largest absolute Gasteiger partial charge is 0.398 e. The molecule has 1 aromatic rings. The van der Waals surface area contributed by atoms with Crippen LogP contribution in [0, 0.1) is 6.92 Å². The molecule has 0 aliphatic rings. The van der Waals surface area contributed by atoms with E-state index in [4.69, 9.17) is 17.3 Å². The van der Waals surface area contributed by atoms with Crippen molar-refractivity contribution in [2.75, 3.05) is 31.9 Å². The molecule has 0 bridgehead atoms. The smallest absolute Gasteiger partial charge is 0.240 e. The van der Waals surface area contributed by atoms with Gasteiger partial charge < -0.3 is 10.6 Å². The summed E-state index contributed by atoms with van der Waals surface area (Å²) in [6, 6.07) is 2.87. The number of nitrogen functional groups attached to an aromatic ring is 1. The second-order valence-corrected chi connectivity index (χ2v) is 7.07. The minimum Gasteiger partial charge on any atom is -0.398 e. The summed E-state index contributed by atoms with van der Waals surface area (Å²) in [7, 11) is -3.57. The van der Waals surface area contributed by atoms with Gasteiger partial charge in [-0.1, -0.05) is 25.4 Å². The van der Waals surface area contributed by atoms with Gasteiger partial charge in [0.2, 0.25) is 10.0 Å². The van der Waals surface area contributed by atoms with E-state index >= 15 is 0 Å². The number of sulfonamides is 1. The van der Waals surface area contributed by atoms with E-state index in [2.05, 4.69) is 23.5 Å². The first-order valence-electron chi connectivity index (χ1n) is 7.09. The monoisotopic (exact) mass is 333 g/mol. The molecule has 0 spiro atoms. The maximum atomic E-state index is 12.2. The minimum atomic E-state index is -3.57. The Kier molecular flexibility index (Phi) is 6.93. The highest BCUT2D eigenvalue weighted by Gasteiger charge is 2.16. The molecule has 0 aliphatic heterocycles. The van der Waals surface area contributed by atoms with Crippen molar-refractivity contribution in [3.8, 4) is 0 Å². The number of hydrogen-bond donors (Lipinski definition) is 2. The van der Waals surface area contributed by atoms with Crippen LogP contribution in [0.5, 0.6) is 0 Å². The average molecular weight is 334 g/mol. The summed E-state index contributed by atoms with van der Waals surface area (Å²) < 4.78 is 27.0. The summed E-state index contributed by atoms with van der Waals surface area (Å²) in [5.74, 6) is 0. The second-order valence-electron chi connectivity index (χ2n) is 4.90. The number of halogens is 1. The Morgan fingerprint density at radius 2 is 1.90 bits per heavy atom. The van der Waals surface area contributed by atoms with E-state index < -0.39 is 10.0 Å². The third-order valence-corrected chi connectivity index (χ3v) is 5.34. The average Bonchev–Trinajstić information content (AvgIpc) is 2.44. The molecule has 3 N–H and O–H groups in total. The lowest BCUT2D eigenvalue weighted by molar-refractivity contribution is 0.300. The SMILES string of the molecule is CCN(CC)CCCNS(=O)(=O)c1cc(N)c(C)c(Cl)c1. The van der Waals surface area contributed by atoms with Crippen LogP contribution < -0.4 is 10.5 Å². The van der Waals surface area contributed by atoms with E-state index in [9.17, 15) is 8.42 Å². The summed E-state index contributed by atoms with van der Waals surface area (Å²) in [5.41, 5.74) is 6.84. The standard InChI is InChI=1S/C14H24ClN3O2S/c1-4-18(5-2)8-6-7-17-21(19,20)12-9-13(15)11(3)14(16)10-12/h9-10,17H,4-8,16H2,1-3H3. The fourth-order valence-electron chi connectivity index (χ4n) is 1.96. The van der Waals surface area contributed by atoms with Gasteiger partial charge in [0.25, 0.3) is 0 Å². The third-order valence-electron chi connectivity index (χ3n) is 3.51. The number of anilines is 1. The number of nitrogens with one attached hydrogen (secondary N) is 1. The maximum absolute atomic E-state index is 12.2. The first-order chi connectivity index (χ1) is 9.81. The summed E-state index contributed by atoms with van der Waals surface area (Å²) in [6.07, 6.45) is 0.760. The Morgan fingerprint density at radius 3 is 2.43 bits per heavy atom. The van der Waals surface area contributed by atoms with Gasteiger partial charge >= 0.3 is 0 Å². The summed E-state index contributed by atoms with van der Waals surface area (Å²) in [4.78, 5) is 2.35. The zero-order chi connectivity index (χ0) is 16.0. The minimum absolute atomic E-state index is 0.110. The van der Waals surface area contributed by atoms with E-state index in [0.717, 1.165) is 26.1 Å². The molecule has 0 heterocycles. The summed E-state index contributed by atoms with van der Waals surface area (Å²) >= 11 is 5.99. The maximum Gasteiger partial charge on any atom is 0.240 e. The number of hydrogen-bond acceptors (Lipinski definition) is 4. The van der Waals surface area contributed by atoms with Crippen LogP contribution in [-0.2, 0) is 10.0 Å². The van der Waals surface area contributed by atoms with E-state index in [1.54, 1.807) is 6.92 Å². The van der Waals surface area contributed by atoms with Crippen molar-refractivity contribution in [1.29, 1.82) is 0 Å². The van der Waals surface area contributed by atoms with E-state index in [-0.39, 0.29) is 4.90 Å². The fourth-order valence-corrected chi connectivity index (χ4v) is 3.39. The van der Waals surface area contributed by atoms with Crippen LogP contribution in [-0.4, -0.2) is 39.5 Å². The number of benzene rings is 1. The molecule has 7 heteroatoms. The highest BCUT2D eigenvalue weighted by Crippen LogP contribution is 2.25. The molecule has 0 aliphatic carbocycles. The van der Waals surface area contributed by atoms with Crippen molar-refractivity contribution in [3.63, 3.8) is 0 Å². The van der Waals surface area contributed by atoms with Gasteiger partial charge in [-0.25, -0.2) is 13.1 Å². The third kappa shape index (κ3) is 5.14. The molecule has 0 amide bonds. The molecular weight excluding hydrogens is 310 g/mol. The van der Waals surface area contributed by atoms with Gasteiger partial charge in [0.1, 0.15) is 0 Å². The molecular formula is C14H24ClN3O2S. The van der Waals surface area contributed by atoms with Crippen LogP contribution in [0.3, 0.4) is 0 Å². The first-order valence-corrected chi connectivity index (χ1v) is 8.95. The number of rotatable bonds is 8. The van der Waals surface area contributed by atoms with Crippen molar-refractivity contribution in [1.82, 2.24) is 9.62 Å². The van der Waals surface area contributed by atoms with Crippen molar-refractivity contribution >= 4 is 27.3 Å². The molecule has 0 radical (unpaired) electrons. The van der Waals surface area contributed by atoms with Crippen molar-refractivity contribution in [3.05, 3.63) is 22.7 Å². The van der Waals surface area contributed by atoms with E-state index in [0.29, 0.717) is 22.8 Å². The molecule has 1 rings (SSSR count). The normalized spacial score (nSPS) is 12.0. The van der Waals surface area contributed by atoms with Gasteiger partial charge in [-0.15, -0.1) is 0 Å². The molecule has 21 heavy (non-hydrogen) atoms. The zero-order valence-electron chi connectivity index (χ0n) is 12.8. The lowest BCUT2D eigenvalue weighted by Crippen LogP contribution is -2.30. The summed E-state index contributed by atoms with van der Waals surface area (Å²) in [5, 5.41) is 0.360. The van der Waals surface area contributed by atoms with Crippen LogP contribution in [0.1, 0.15) is 25.8 Å². The predicted molar refractivity (Wildman–Crippen MR) is 88.2 cm³/mol. The Balaban J connectivity index is 2.66. The van der Waals surface area contributed by atoms with Gasteiger partial charge in [0.15, 0.2) is 0 Å². The van der Waals surface area contributed by atoms with E-state index in [1.165, 1.54) is 12.1 Å². The Labute approximate surface area is 132 Å². The molecule has 0 fully saturated rings. The molecule has 0 saturated heterocycles. The van der Waals surface area contributed by atoms with Crippen LogP contribution >= 0.6 is 11.6 Å². The molecule has 5 nitrogen and oxygen atoms in total. The van der Waals surface area contributed by atoms with Gasteiger partial charge in [0, 0.05) is 17.3 Å². The highest BCUT2D eigenvalue weighted by atomic mass is 35.5. The van der Waals surface area contributed by atoms with Crippen LogP contribution in [0.4, 0.5) is 5.69 Å². The van der Waals surface area contributed by atoms with Crippen molar-refractivity contribution in [2.45, 2.75) is 32.1 Å². The van der Waals surface area contributed by atoms with Crippen LogP contribution in [0.2, 0.25) is 5.02 Å². The molecule has 0 unspecified atom stereocenters. The van der Waals surface area contributed by atoms with Gasteiger partial charge in [-0.2, -0.15) is 0 Å². The number of nitrogens with two attached hydrogens (primary N) is 1. The Hall–Kier alpha value is -0.820. The zero-order valence-corrected chi connectivity index (χ0v) is 14.4. The van der Waals surface area contributed by atoms with Gasteiger partial charge in [-0.3, -0.25) is 0 Å². The second kappa shape index (κ2) is 7.98. The lowest BCUT2D eigenvalue weighted by Gasteiger charge is -2.17. The van der Waals surface area contributed by atoms with Gasteiger partial charge in [0.05, 0.1) is 4.90 Å². The first kappa shape index (κ1) is 18.2. The fraction of sp³-hybridized carbons (Fsp3) is 0.571. The molecule has 1 aromatic carbocycles. The van der Waals surface area contributed by atoms with Crippen LogP contribution in [0.15, 0.2) is 17.0 Å². The summed E-state index contributed by atoms with van der Waals surface area (Å²) in [6.45, 7) is 9.12. The number of nitrogens with zero attached hydrogens (tertiary/aromatic N) is 1. The van der Waals surface area contributed by atoms with Crippen LogP contribution in [0.25, 0.3) is 0 Å². The highest BCUT2D eigenvalue weighted by molar-refractivity contribution is 7.89.